The lowest BCUT2D eigenvalue weighted by Crippen LogP contribution is -2.20. The zero-order valence-corrected chi connectivity index (χ0v) is 8.68. The van der Waals surface area contributed by atoms with E-state index in [0.29, 0.717) is 12.0 Å². The van der Waals surface area contributed by atoms with E-state index in [0.717, 1.165) is 0 Å². The standard InChI is InChI=1S/C10H6BrF2N/c11-9-4-7-2-1-6(5-14)3-8(7)10(9,12)13/h1-3,9H,4H2. The van der Waals surface area contributed by atoms with Crippen molar-refractivity contribution in [3.8, 4) is 6.07 Å². The number of benzene rings is 1. The number of hydrogen-bond acceptors (Lipinski definition) is 1. The van der Waals surface area contributed by atoms with Crippen LogP contribution >= 0.6 is 15.9 Å². The van der Waals surface area contributed by atoms with Gasteiger partial charge in [0.25, 0.3) is 5.92 Å². The summed E-state index contributed by atoms with van der Waals surface area (Å²) in [5, 5.41) is 8.60. The van der Waals surface area contributed by atoms with Crippen molar-refractivity contribution < 1.29 is 8.78 Å². The smallest absolute Gasteiger partial charge is 0.200 e. The summed E-state index contributed by atoms with van der Waals surface area (Å²) in [5.74, 6) is -2.86. The van der Waals surface area contributed by atoms with E-state index in [9.17, 15) is 8.78 Å². The Labute approximate surface area is 88.5 Å². The van der Waals surface area contributed by atoms with Crippen LogP contribution in [0.25, 0.3) is 0 Å². The van der Waals surface area contributed by atoms with Crippen LogP contribution in [0.3, 0.4) is 0 Å². The van der Waals surface area contributed by atoms with Crippen LogP contribution < -0.4 is 0 Å². The highest BCUT2D eigenvalue weighted by Crippen LogP contribution is 2.45. The number of nitrogens with zero attached hydrogens (tertiary/aromatic N) is 1. The van der Waals surface area contributed by atoms with Crippen LogP contribution in [0.5, 0.6) is 0 Å². The summed E-state index contributed by atoms with van der Waals surface area (Å²) >= 11 is 2.95. The molecule has 1 nitrogen and oxygen atoms in total. The Bertz CT molecular complexity index is 423. The monoisotopic (exact) mass is 257 g/mol. The number of rotatable bonds is 0. The Morgan fingerprint density at radius 2 is 2.21 bits per heavy atom. The summed E-state index contributed by atoms with van der Waals surface area (Å²) in [6.45, 7) is 0. The van der Waals surface area contributed by atoms with Crippen molar-refractivity contribution in [2.45, 2.75) is 17.2 Å². The lowest BCUT2D eigenvalue weighted by atomic mass is 10.1. The fourth-order valence-corrected chi connectivity index (χ4v) is 2.22. The molecule has 0 spiro atoms. The maximum absolute atomic E-state index is 13.5. The lowest BCUT2D eigenvalue weighted by molar-refractivity contribution is 0.00631. The van der Waals surface area contributed by atoms with E-state index in [1.165, 1.54) is 6.07 Å². The first-order chi connectivity index (χ1) is 6.55. The van der Waals surface area contributed by atoms with E-state index in [4.69, 9.17) is 5.26 Å². The first-order valence-electron chi connectivity index (χ1n) is 4.11. The van der Waals surface area contributed by atoms with Crippen LogP contribution in [0.2, 0.25) is 0 Å². The van der Waals surface area contributed by atoms with E-state index in [-0.39, 0.29) is 11.1 Å². The maximum atomic E-state index is 13.5. The Morgan fingerprint density at radius 3 is 2.86 bits per heavy atom. The van der Waals surface area contributed by atoms with Crippen molar-refractivity contribution in [3.05, 3.63) is 34.9 Å². The van der Waals surface area contributed by atoms with Gasteiger partial charge in [-0.25, -0.2) is 8.78 Å². The van der Waals surface area contributed by atoms with Gasteiger partial charge in [0.15, 0.2) is 0 Å². The zero-order valence-electron chi connectivity index (χ0n) is 7.10. The molecule has 14 heavy (non-hydrogen) atoms. The molecule has 0 fully saturated rings. The summed E-state index contributed by atoms with van der Waals surface area (Å²) in [7, 11) is 0. The van der Waals surface area contributed by atoms with Gasteiger partial charge < -0.3 is 0 Å². The molecular weight excluding hydrogens is 252 g/mol. The van der Waals surface area contributed by atoms with E-state index in [2.05, 4.69) is 15.9 Å². The average Bonchev–Trinajstić information content (AvgIpc) is 2.38. The molecule has 1 unspecified atom stereocenters. The van der Waals surface area contributed by atoms with Crippen LogP contribution in [0, 0.1) is 11.3 Å². The minimum absolute atomic E-state index is 0.0153. The van der Waals surface area contributed by atoms with Crippen molar-refractivity contribution in [3.63, 3.8) is 0 Å². The molecule has 0 aromatic heterocycles. The minimum atomic E-state index is -2.86. The molecule has 2 rings (SSSR count). The predicted octanol–water partition coefficient (Wildman–Crippen LogP) is 2.97. The van der Waals surface area contributed by atoms with Gasteiger partial charge in [-0.2, -0.15) is 5.26 Å². The molecule has 1 aliphatic carbocycles. The number of fused-ring (bicyclic) bond motifs is 1. The van der Waals surface area contributed by atoms with Gasteiger partial charge >= 0.3 is 0 Å². The Kier molecular flexibility index (Phi) is 2.07. The van der Waals surface area contributed by atoms with Gasteiger partial charge in [0.05, 0.1) is 16.5 Å². The Morgan fingerprint density at radius 1 is 1.50 bits per heavy atom. The number of nitriles is 1. The van der Waals surface area contributed by atoms with Crippen LogP contribution in [0.1, 0.15) is 16.7 Å². The van der Waals surface area contributed by atoms with Gasteiger partial charge in [0, 0.05) is 5.56 Å². The summed E-state index contributed by atoms with van der Waals surface area (Å²) in [6.07, 6.45) is 0.314. The normalized spacial score (nSPS) is 22.9. The van der Waals surface area contributed by atoms with Gasteiger partial charge in [0.2, 0.25) is 0 Å². The van der Waals surface area contributed by atoms with E-state index in [1.807, 2.05) is 6.07 Å². The van der Waals surface area contributed by atoms with Crippen molar-refractivity contribution >= 4 is 15.9 Å². The zero-order chi connectivity index (χ0) is 10.3. The molecule has 0 N–H and O–H groups in total. The summed E-state index contributed by atoms with van der Waals surface area (Å²) < 4.78 is 27.0. The molecule has 0 bridgehead atoms. The first kappa shape index (κ1) is 9.60. The second kappa shape index (κ2) is 3.03. The molecule has 0 saturated heterocycles. The third kappa shape index (κ3) is 1.24. The van der Waals surface area contributed by atoms with Crippen LogP contribution in [-0.2, 0) is 12.3 Å². The number of alkyl halides is 3. The molecule has 1 aromatic rings. The van der Waals surface area contributed by atoms with E-state index >= 15 is 0 Å². The van der Waals surface area contributed by atoms with Crippen molar-refractivity contribution in [2.24, 2.45) is 0 Å². The van der Waals surface area contributed by atoms with Crippen molar-refractivity contribution in [2.75, 3.05) is 0 Å². The molecule has 0 amide bonds. The van der Waals surface area contributed by atoms with Crippen LogP contribution in [0.4, 0.5) is 8.78 Å². The first-order valence-corrected chi connectivity index (χ1v) is 5.02. The molecule has 1 aliphatic rings. The molecule has 72 valence electrons. The highest BCUT2D eigenvalue weighted by Gasteiger charge is 2.47. The second-order valence-corrected chi connectivity index (χ2v) is 4.38. The molecule has 4 heteroatoms. The van der Waals surface area contributed by atoms with Gasteiger partial charge in [0.1, 0.15) is 0 Å². The SMILES string of the molecule is N#Cc1ccc2c(c1)C(F)(F)C(Br)C2. The quantitative estimate of drug-likeness (QED) is 0.656. The van der Waals surface area contributed by atoms with Crippen LogP contribution in [0.15, 0.2) is 18.2 Å². The molecule has 0 heterocycles. The fraction of sp³-hybridized carbons (Fsp3) is 0.300. The van der Waals surface area contributed by atoms with E-state index < -0.39 is 10.7 Å². The van der Waals surface area contributed by atoms with Crippen LogP contribution in [-0.4, -0.2) is 4.83 Å². The molecule has 0 saturated carbocycles. The molecule has 0 aliphatic heterocycles. The van der Waals surface area contributed by atoms with Gasteiger partial charge in [-0.1, -0.05) is 22.0 Å². The average molecular weight is 258 g/mol. The molecule has 0 radical (unpaired) electrons. The largest absolute Gasteiger partial charge is 0.286 e. The summed E-state index contributed by atoms with van der Waals surface area (Å²) in [5.41, 5.74) is 0.888. The summed E-state index contributed by atoms with van der Waals surface area (Å²) in [6, 6.07) is 6.30. The Balaban J connectivity index is 2.58. The predicted molar refractivity (Wildman–Crippen MR) is 51.5 cm³/mol. The fourth-order valence-electron chi connectivity index (χ4n) is 1.62. The second-order valence-electron chi connectivity index (χ2n) is 3.28. The lowest BCUT2D eigenvalue weighted by Gasteiger charge is -2.13. The van der Waals surface area contributed by atoms with Crippen molar-refractivity contribution in [1.29, 1.82) is 5.26 Å². The van der Waals surface area contributed by atoms with Crippen molar-refractivity contribution in [1.82, 2.24) is 0 Å². The molecule has 1 aromatic carbocycles. The molecular formula is C10H6BrF2N. The highest BCUT2D eigenvalue weighted by atomic mass is 79.9. The number of halogens is 3. The number of hydrogen-bond donors (Lipinski definition) is 0. The maximum Gasteiger partial charge on any atom is 0.286 e. The minimum Gasteiger partial charge on any atom is -0.200 e. The van der Waals surface area contributed by atoms with Gasteiger partial charge in [-0.3, -0.25) is 0 Å². The highest BCUT2D eigenvalue weighted by molar-refractivity contribution is 9.09. The summed E-state index contributed by atoms with van der Waals surface area (Å²) in [4.78, 5) is -0.848. The molecule has 1 atom stereocenters. The Hall–Kier alpha value is -0.950. The van der Waals surface area contributed by atoms with Gasteiger partial charge in [-0.15, -0.1) is 0 Å². The topological polar surface area (TPSA) is 23.8 Å². The van der Waals surface area contributed by atoms with E-state index in [1.54, 1.807) is 12.1 Å². The third-order valence-corrected chi connectivity index (χ3v) is 3.29. The third-order valence-electron chi connectivity index (χ3n) is 2.39. The van der Waals surface area contributed by atoms with Gasteiger partial charge in [-0.05, 0) is 24.1 Å².